The lowest BCUT2D eigenvalue weighted by Gasteiger charge is -2.37. The molecule has 2 aliphatic heterocycles. The first kappa shape index (κ1) is 22.5. The minimum Gasteiger partial charge on any atom is -0.474 e. The van der Waals surface area contributed by atoms with Gasteiger partial charge in [0.25, 0.3) is 0 Å². The molecule has 0 amide bonds. The summed E-state index contributed by atoms with van der Waals surface area (Å²) in [7, 11) is 0.493. The van der Waals surface area contributed by atoms with Crippen molar-refractivity contribution in [3.8, 4) is 5.88 Å². The molecule has 0 N–H and O–H groups in total. The van der Waals surface area contributed by atoms with Crippen LogP contribution in [0.2, 0.25) is 0 Å². The lowest BCUT2D eigenvalue weighted by atomic mass is 9.95. The van der Waals surface area contributed by atoms with Crippen LogP contribution in [0.1, 0.15) is 25.0 Å². The smallest absolute Gasteiger partial charge is 0.217 e. The number of hydrogen-bond donors (Lipinski definition) is 0. The predicted molar refractivity (Wildman–Crippen MR) is 122 cm³/mol. The van der Waals surface area contributed by atoms with Crippen LogP contribution in [0.15, 0.2) is 46.2 Å². The Hall–Kier alpha value is -2.69. The molecule has 0 bridgehead atoms. The summed E-state index contributed by atoms with van der Waals surface area (Å²) in [5.41, 5.74) is 3.00. The van der Waals surface area contributed by atoms with Gasteiger partial charge in [-0.2, -0.15) is 0 Å². The van der Waals surface area contributed by atoms with Crippen molar-refractivity contribution in [2.45, 2.75) is 31.5 Å². The van der Waals surface area contributed by atoms with E-state index in [1.165, 1.54) is 12.6 Å². The Morgan fingerprint density at radius 2 is 1.97 bits per heavy atom. The molecule has 0 radical (unpaired) electrons. The standard InChI is InChI=1S/C22H27N5O4S/c1-26(2)22(13-28)27-8-6-15(7-9-27)31-21-11-20(24-14-25-21)18-12-23-19-5-4-16(10-17(18)19)32(3,29)30/h4,10-15,22H,5-9H2,1-3H3. The Labute approximate surface area is 188 Å². The summed E-state index contributed by atoms with van der Waals surface area (Å²) in [6, 6.07) is 1.77. The largest absolute Gasteiger partial charge is 0.474 e. The van der Waals surface area contributed by atoms with Gasteiger partial charge in [-0.25, -0.2) is 18.4 Å². The van der Waals surface area contributed by atoms with Gasteiger partial charge in [0.1, 0.15) is 18.6 Å². The van der Waals surface area contributed by atoms with Gasteiger partial charge in [-0.15, -0.1) is 0 Å². The number of hydrogen-bond acceptors (Lipinski definition) is 9. The lowest BCUT2D eigenvalue weighted by molar-refractivity contribution is -0.118. The molecule has 3 aliphatic rings. The molecule has 1 aromatic heterocycles. The normalized spacial score (nSPS) is 20.8. The number of sulfone groups is 1. The molecule has 3 heterocycles. The van der Waals surface area contributed by atoms with Crippen molar-refractivity contribution in [2.75, 3.05) is 33.4 Å². The summed E-state index contributed by atoms with van der Waals surface area (Å²) in [5, 5.41) is 0. The van der Waals surface area contributed by atoms with Gasteiger partial charge in [0.2, 0.25) is 5.88 Å². The summed E-state index contributed by atoms with van der Waals surface area (Å²) in [4.78, 5) is 28.8. The van der Waals surface area contributed by atoms with E-state index >= 15 is 0 Å². The average molecular weight is 458 g/mol. The number of likely N-dealkylation sites (tertiary alicyclic amines) is 1. The molecule has 32 heavy (non-hydrogen) atoms. The van der Waals surface area contributed by atoms with E-state index in [2.05, 4.69) is 19.9 Å². The highest BCUT2D eigenvalue weighted by Gasteiger charge is 2.28. The molecule has 1 unspecified atom stereocenters. The number of aromatic nitrogens is 2. The number of aldehydes is 1. The fourth-order valence-electron chi connectivity index (χ4n) is 4.14. The number of ether oxygens (including phenoxy) is 1. The number of rotatable bonds is 7. The highest BCUT2D eigenvalue weighted by molar-refractivity contribution is 7.94. The van der Waals surface area contributed by atoms with Crippen molar-refractivity contribution in [3.63, 3.8) is 0 Å². The van der Waals surface area contributed by atoms with Gasteiger partial charge in [-0.05, 0) is 33.0 Å². The van der Waals surface area contributed by atoms with Crippen LogP contribution in [0, 0.1) is 0 Å². The number of allylic oxidation sites excluding steroid dienone is 4. The maximum atomic E-state index is 12.0. The van der Waals surface area contributed by atoms with Crippen LogP contribution in [0.5, 0.6) is 5.88 Å². The molecule has 4 rings (SSSR count). The Morgan fingerprint density at radius 1 is 1.22 bits per heavy atom. The van der Waals surface area contributed by atoms with Gasteiger partial charge >= 0.3 is 0 Å². The van der Waals surface area contributed by atoms with Crippen LogP contribution < -0.4 is 4.74 Å². The van der Waals surface area contributed by atoms with E-state index < -0.39 is 9.84 Å². The van der Waals surface area contributed by atoms with E-state index in [4.69, 9.17) is 4.74 Å². The monoisotopic (exact) mass is 457 g/mol. The summed E-state index contributed by atoms with van der Waals surface area (Å²) in [5.74, 6) is 0.470. The molecule has 0 saturated carbocycles. The lowest BCUT2D eigenvalue weighted by Crippen LogP contribution is -2.50. The fraction of sp³-hybridized carbons (Fsp3) is 0.455. The van der Waals surface area contributed by atoms with Gasteiger partial charge < -0.3 is 9.53 Å². The topological polar surface area (TPSA) is 105 Å². The third kappa shape index (κ3) is 4.72. The first-order chi connectivity index (χ1) is 15.3. The summed E-state index contributed by atoms with van der Waals surface area (Å²) < 4.78 is 30.1. The van der Waals surface area contributed by atoms with Gasteiger partial charge in [0, 0.05) is 49.2 Å². The van der Waals surface area contributed by atoms with Crippen molar-refractivity contribution < 1.29 is 17.9 Å². The molecular formula is C22H27N5O4S. The van der Waals surface area contributed by atoms with E-state index in [9.17, 15) is 13.2 Å². The molecule has 0 spiro atoms. The number of piperidine rings is 1. The summed E-state index contributed by atoms with van der Waals surface area (Å²) in [6.45, 7) is 1.53. The van der Waals surface area contributed by atoms with Crippen LogP contribution in [0.4, 0.5) is 0 Å². The quantitative estimate of drug-likeness (QED) is 0.567. The molecule has 1 aliphatic carbocycles. The van der Waals surface area contributed by atoms with E-state index in [0.29, 0.717) is 22.9 Å². The predicted octanol–water partition coefficient (Wildman–Crippen LogP) is 1.46. The number of aliphatic imine (C=N–C) groups is 1. The second kappa shape index (κ2) is 9.05. The Kier molecular flexibility index (Phi) is 6.36. The molecule has 170 valence electrons. The molecular weight excluding hydrogens is 430 g/mol. The molecule has 9 nitrogen and oxygen atoms in total. The zero-order valence-electron chi connectivity index (χ0n) is 18.4. The number of carbonyl (C=O) groups excluding carboxylic acids is 1. The molecule has 1 aromatic rings. The van der Waals surface area contributed by atoms with E-state index in [-0.39, 0.29) is 12.3 Å². The molecule has 0 aromatic carbocycles. The van der Waals surface area contributed by atoms with E-state index in [1.54, 1.807) is 24.4 Å². The molecule has 1 fully saturated rings. The highest BCUT2D eigenvalue weighted by Crippen LogP contribution is 2.34. The van der Waals surface area contributed by atoms with Gasteiger partial charge in [-0.1, -0.05) is 6.08 Å². The van der Waals surface area contributed by atoms with Crippen LogP contribution in [-0.4, -0.2) is 85.9 Å². The third-order valence-corrected chi connectivity index (χ3v) is 7.01. The Morgan fingerprint density at radius 3 is 2.62 bits per heavy atom. The van der Waals surface area contributed by atoms with Crippen molar-refractivity contribution in [2.24, 2.45) is 4.99 Å². The van der Waals surface area contributed by atoms with Crippen LogP contribution >= 0.6 is 0 Å². The second-order valence-corrected chi connectivity index (χ2v) is 10.4. The number of carbonyl (C=O) groups is 1. The van der Waals surface area contributed by atoms with E-state index in [0.717, 1.165) is 49.1 Å². The fourth-order valence-corrected chi connectivity index (χ4v) is 4.85. The van der Waals surface area contributed by atoms with Gasteiger partial charge in [0.05, 0.1) is 16.3 Å². The van der Waals surface area contributed by atoms with Crippen LogP contribution in [0.25, 0.3) is 5.57 Å². The molecule has 1 saturated heterocycles. The Balaban J connectivity index is 1.45. The zero-order chi connectivity index (χ0) is 22.9. The Bertz CT molecular complexity index is 1130. The van der Waals surface area contributed by atoms with Gasteiger partial charge in [-0.3, -0.25) is 14.8 Å². The van der Waals surface area contributed by atoms with Gasteiger partial charge in [0.15, 0.2) is 16.1 Å². The summed E-state index contributed by atoms with van der Waals surface area (Å²) >= 11 is 0. The molecule has 10 heteroatoms. The van der Waals surface area contributed by atoms with E-state index in [1.807, 2.05) is 19.0 Å². The summed E-state index contributed by atoms with van der Waals surface area (Å²) in [6.07, 6.45) is 10.5. The van der Waals surface area contributed by atoms with Crippen molar-refractivity contribution in [3.05, 3.63) is 46.9 Å². The zero-order valence-corrected chi connectivity index (χ0v) is 19.2. The average Bonchev–Trinajstić information content (AvgIpc) is 3.18. The van der Waals surface area contributed by atoms with Crippen molar-refractivity contribution in [1.29, 1.82) is 0 Å². The van der Waals surface area contributed by atoms with Crippen molar-refractivity contribution in [1.82, 2.24) is 19.8 Å². The van der Waals surface area contributed by atoms with Crippen LogP contribution in [-0.2, 0) is 14.6 Å². The number of fused-ring (bicyclic) bond motifs is 1. The highest BCUT2D eigenvalue weighted by atomic mass is 32.2. The maximum absolute atomic E-state index is 12.0. The van der Waals surface area contributed by atoms with Crippen LogP contribution in [0.3, 0.4) is 0 Å². The van der Waals surface area contributed by atoms with Crippen molar-refractivity contribution >= 4 is 27.4 Å². The SMILES string of the molecule is CN(C)C(C=O)N1CCC(Oc2cc(C3=CN=C4CC=C(S(C)(=O)=O)C=C34)ncn2)CC1. The minimum absolute atomic E-state index is 0.00139. The second-order valence-electron chi connectivity index (χ2n) is 8.37. The first-order valence-electron chi connectivity index (χ1n) is 10.5. The number of likely N-dealkylation sites (N-methyl/N-ethyl adjacent to an activating group) is 1. The first-order valence-corrected chi connectivity index (χ1v) is 12.4. The number of nitrogens with zero attached hydrogens (tertiary/aromatic N) is 5. The third-order valence-electron chi connectivity index (χ3n) is 5.87. The molecule has 1 atom stereocenters. The minimum atomic E-state index is -3.30. The maximum Gasteiger partial charge on any atom is 0.217 e.